The Bertz CT molecular complexity index is 405. The molecule has 2 rings (SSSR count). The summed E-state index contributed by atoms with van der Waals surface area (Å²) in [4.78, 5) is 2.45. The SMILES string of the molecule is CC1CN(CCC(O)c2ccccc2Cl)CC(C)S1. The van der Waals surface area contributed by atoms with Crippen LogP contribution in [0.1, 0.15) is 31.9 Å². The Kier molecular flexibility index (Phi) is 5.58. The minimum atomic E-state index is -0.464. The number of nitrogens with zero attached hydrogens (tertiary/aromatic N) is 1. The Morgan fingerprint density at radius 3 is 2.58 bits per heavy atom. The molecule has 1 aromatic rings. The third kappa shape index (κ3) is 4.38. The first-order valence-electron chi connectivity index (χ1n) is 6.86. The van der Waals surface area contributed by atoms with E-state index in [0.717, 1.165) is 31.6 Å². The van der Waals surface area contributed by atoms with Crippen LogP contribution in [0.2, 0.25) is 5.02 Å². The molecule has 0 radical (unpaired) electrons. The van der Waals surface area contributed by atoms with Crippen LogP contribution in [0.3, 0.4) is 0 Å². The largest absolute Gasteiger partial charge is 0.388 e. The van der Waals surface area contributed by atoms with Gasteiger partial charge in [-0.25, -0.2) is 0 Å². The third-order valence-electron chi connectivity index (χ3n) is 3.48. The number of hydrogen-bond acceptors (Lipinski definition) is 3. The van der Waals surface area contributed by atoms with Gasteiger partial charge >= 0.3 is 0 Å². The summed E-state index contributed by atoms with van der Waals surface area (Å²) in [7, 11) is 0. The summed E-state index contributed by atoms with van der Waals surface area (Å²) in [6.07, 6.45) is 0.280. The minimum absolute atomic E-state index is 0.464. The molecule has 0 saturated carbocycles. The van der Waals surface area contributed by atoms with Gasteiger partial charge in [-0.3, -0.25) is 0 Å². The van der Waals surface area contributed by atoms with E-state index in [0.29, 0.717) is 15.5 Å². The van der Waals surface area contributed by atoms with Gasteiger partial charge in [0.05, 0.1) is 6.10 Å². The number of hydrogen-bond donors (Lipinski definition) is 1. The predicted molar refractivity (Wildman–Crippen MR) is 84.0 cm³/mol. The lowest BCUT2D eigenvalue weighted by molar-refractivity contribution is 0.141. The molecule has 19 heavy (non-hydrogen) atoms. The lowest BCUT2D eigenvalue weighted by Crippen LogP contribution is -2.41. The Morgan fingerprint density at radius 1 is 1.32 bits per heavy atom. The van der Waals surface area contributed by atoms with Crippen molar-refractivity contribution in [2.75, 3.05) is 19.6 Å². The highest BCUT2D eigenvalue weighted by Gasteiger charge is 2.22. The van der Waals surface area contributed by atoms with E-state index in [4.69, 9.17) is 11.6 Å². The predicted octanol–water partition coefficient (Wildman–Crippen LogP) is 3.59. The highest BCUT2D eigenvalue weighted by molar-refractivity contribution is 8.00. The molecular weight excluding hydrogens is 278 g/mol. The number of aliphatic hydroxyl groups excluding tert-OH is 1. The standard InChI is InChI=1S/C15H22ClNOS/c1-11-9-17(10-12(2)19-11)8-7-15(18)13-5-3-4-6-14(13)16/h3-6,11-12,15,18H,7-10H2,1-2H3. The lowest BCUT2D eigenvalue weighted by atomic mass is 10.1. The van der Waals surface area contributed by atoms with Crippen LogP contribution >= 0.6 is 23.4 Å². The Morgan fingerprint density at radius 2 is 1.95 bits per heavy atom. The summed E-state index contributed by atoms with van der Waals surface area (Å²) in [5.41, 5.74) is 0.844. The highest BCUT2D eigenvalue weighted by Crippen LogP contribution is 2.27. The first-order valence-corrected chi connectivity index (χ1v) is 8.18. The third-order valence-corrected chi connectivity index (χ3v) is 5.05. The fourth-order valence-corrected chi connectivity index (χ4v) is 4.32. The van der Waals surface area contributed by atoms with Crippen LogP contribution in [0.25, 0.3) is 0 Å². The van der Waals surface area contributed by atoms with Crippen molar-refractivity contribution in [1.29, 1.82) is 0 Å². The van der Waals surface area contributed by atoms with Gasteiger partial charge < -0.3 is 10.0 Å². The highest BCUT2D eigenvalue weighted by atomic mass is 35.5. The molecule has 2 nitrogen and oxygen atoms in total. The van der Waals surface area contributed by atoms with Crippen molar-refractivity contribution in [3.8, 4) is 0 Å². The summed E-state index contributed by atoms with van der Waals surface area (Å²) in [5, 5.41) is 12.3. The van der Waals surface area contributed by atoms with Gasteiger partial charge in [-0.2, -0.15) is 11.8 Å². The molecule has 3 unspecified atom stereocenters. The van der Waals surface area contributed by atoms with Crippen molar-refractivity contribution in [2.24, 2.45) is 0 Å². The van der Waals surface area contributed by atoms with E-state index >= 15 is 0 Å². The topological polar surface area (TPSA) is 23.5 Å². The van der Waals surface area contributed by atoms with Gasteiger partial charge in [0, 0.05) is 35.2 Å². The number of benzene rings is 1. The van der Waals surface area contributed by atoms with E-state index in [-0.39, 0.29) is 0 Å². The molecule has 3 atom stereocenters. The van der Waals surface area contributed by atoms with Crippen LogP contribution in [-0.4, -0.2) is 40.1 Å². The molecule has 0 aliphatic carbocycles. The number of aliphatic hydroxyl groups is 1. The maximum absolute atomic E-state index is 10.2. The van der Waals surface area contributed by atoms with Crippen LogP contribution in [0.5, 0.6) is 0 Å². The quantitative estimate of drug-likeness (QED) is 0.919. The molecule has 4 heteroatoms. The summed E-state index contributed by atoms with van der Waals surface area (Å²) >= 11 is 8.16. The number of halogens is 1. The zero-order valence-electron chi connectivity index (χ0n) is 11.6. The van der Waals surface area contributed by atoms with Crippen molar-refractivity contribution in [3.63, 3.8) is 0 Å². The first kappa shape index (κ1) is 15.2. The summed E-state index contributed by atoms with van der Waals surface area (Å²) < 4.78 is 0. The van der Waals surface area contributed by atoms with E-state index in [1.165, 1.54) is 0 Å². The molecule has 1 aliphatic rings. The van der Waals surface area contributed by atoms with Crippen molar-refractivity contribution < 1.29 is 5.11 Å². The zero-order valence-corrected chi connectivity index (χ0v) is 13.1. The second-order valence-electron chi connectivity index (χ2n) is 5.34. The van der Waals surface area contributed by atoms with Gasteiger partial charge in [-0.1, -0.05) is 43.6 Å². The molecule has 1 fully saturated rings. The Hall–Kier alpha value is -0.220. The van der Waals surface area contributed by atoms with Crippen LogP contribution in [0, 0.1) is 0 Å². The van der Waals surface area contributed by atoms with Crippen LogP contribution in [0.15, 0.2) is 24.3 Å². The molecule has 106 valence electrons. The van der Waals surface area contributed by atoms with Crippen LogP contribution < -0.4 is 0 Å². The summed E-state index contributed by atoms with van der Waals surface area (Å²) in [6, 6.07) is 7.56. The first-order chi connectivity index (χ1) is 9.06. The van der Waals surface area contributed by atoms with Crippen molar-refractivity contribution in [3.05, 3.63) is 34.9 Å². The van der Waals surface area contributed by atoms with E-state index in [9.17, 15) is 5.11 Å². The van der Waals surface area contributed by atoms with Gasteiger partial charge in [0.25, 0.3) is 0 Å². The van der Waals surface area contributed by atoms with E-state index in [1.54, 1.807) is 0 Å². The molecule has 1 aromatic carbocycles. The van der Waals surface area contributed by atoms with Crippen molar-refractivity contribution >= 4 is 23.4 Å². The normalized spacial score (nSPS) is 26.3. The molecule has 0 bridgehead atoms. The van der Waals surface area contributed by atoms with Gasteiger partial charge in [-0.15, -0.1) is 0 Å². The molecule has 1 saturated heterocycles. The Labute approximate surface area is 125 Å². The summed E-state index contributed by atoms with van der Waals surface area (Å²) in [5.74, 6) is 0. The van der Waals surface area contributed by atoms with E-state index in [2.05, 4.69) is 30.5 Å². The average Bonchev–Trinajstić information content (AvgIpc) is 2.35. The molecule has 1 aliphatic heterocycles. The maximum atomic E-state index is 10.2. The van der Waals surface area contributed by atoms with Crippen molar-refractivity contribution in [2.45, 2.75) is 36.9 Å². The molecular formula is C15H22ClNOS. The molecule has 1 N–H and O–H groups in total. The molecule has 0 aromatic heterocycles. The van der Waals surface area contributed by atoms with Crippen molar-refractivity contribution in [1.82, 2.24) is 4.90 Å². The zero-order chi connectivity index (χ0) is 13.8. The molecule has 1 heterocycles. The minimum Gasteiger partial charge on any atom is -0.388 e. The number of thioether (sulfide) groups is 1. The molecule has 0 spiro atoms. The van der Waals surface area contributed by atoms with Gasteiger partial charge in [-0.05, 0) is 18.1 Å². The second-order valence-corrected chi connectivity index (χ2v) is 7.63. The smallest absolute Gasteiger partial charge is 0.0816 e. The molecule has 0 amide bonds. The average molecular weight is 300 g/mol. The van der Waals surface area contributed by atoms with Crippen LogP contribution in [-0.2, 0) is 0 Å². The second kappa shape index (κ2) is 6.98. The summed E-state index contributed by atoms with van der Waals surface area (Å²) in [6.45, 7) is 7.71. The fourth-order valence-electron chi connectivity index (χ4n) is 2.67. The fraction of sp³-hybridized carbons (Fsp3) is 0.600. The van der Waals surface area contributed by atoms with Gasteiger partial charge in [0.2, 0.25) is 0 Å². The van der Waals surface area contributed by atoms with Gasteiger partial charge in [0.1, 0.15) is 0 Å². The van der Waals surface area contributed by atoms with Crippen LogP contribution in [0.4, 0.5) is 0 Å². The monoisotopic (exact) mass is 299 g/mol. The maximum Gasteiger partial charge on any atom is 0.0816 e. The Balaban J connectivity index is 1.87. The van der Waals surface area contributed by atoms with E-state index < -0.39 is 6.10 Å². The van der Waals surface area contributed by atoms with Gasteiger partial charge in [0.15, 0.2) is 0 Å². The lowest BCUT2D eigenvalue weighted by Gasteiger charge is -2.35. The number of rotatable bonds is 4. The van der Waals surface area contributed by atoms with E-state index in [1.807, 2.05) is 24.3 Å².